The van der Waals surface area contributed by atoms with Gasteiger partial charge in [-0.05, 0) is 43.3 Å². The normalized spacial score (nSPS) is 10.3. The molecular weight excluding hydrogens is 309 g/mol. The molecule has 4 heteroatoms. The van der Waals surface area contributed by atoms with Crippen molar-refractivity contribution in [1.29, 1.82) is 0 Å². The number of hydrogen-bond acceptors (Lipinski definition) is 2. The molecule has 0 radical (unpaired) electrons. The van der Waals surface area contributed by atoms with Gasteiger partial charge in [-0.15, -0.1) is 0 Å². The summed E-state index contributed by atoms with van der Waals surface area (Å²) < 4.78 is 14.2. The standard InChI is InChI=1S/C15H13BrFNO/c1-2-18(14-5-3-4-13(17)9-14)15-7-6-12(16)8-11(15)10-19/h3-10H,2H2,1H3. The van der Waals surface area contributed by atoms with E-state index in [0.717, 1.165) is 22.1 Å². The van der Waals surface area contributed by atoms with Gasteiger partial charge in [0.05, 0.1) is 5.69 Å². The first-order valence-corrected chi connectivity index (χ1v) is 6.73. The Kier molecular flexibility index (Phi) is 4.32. The molecule has 0 aliphatic heterocycles. The van der Waals surface area contributed by atoms with E-state index >= 15 is 0 Å². The van der Waals surface area contributed by atoms with Gasteiger partial charge in [0.1, 0.15) is 5.82 Å². The number of hydrogen-bond donors (Lipinski definition) is 0. The van der Waals surface area contributed by atoms with Crippen LogP contribution < -0.4 is 4.90 Å². The van der Waals surface area contributed by atoms with Crippen molar-refractivity contribution in [2.75, 3.05) is 11.4 Å². The van der Waals surface area contributed by atoms with Gasteiger partial charge in [0.25, 0.3) is 0 Å². The van der Waals surface area contributed by atoms with Crippen molar-refractivity contribution in [3.05, 3.63) is 58.3 Å². The number of carbonyl (C=O) groups is 1. The van der Waals surface area contributed by atoms with E-state index in [2.05, 4.69) is 15.9 Å². The smallest absolute Gasteiger partial charge is 0.152 e. The Bertz CT molecular complexity index is 600. The summed E-state index contributed by atoms with van der Waals surface area (Å²) >= 11 is 3.34. The zero-order valence-electron chi connectivity index (χ0n) is 10.4. The zero-order valence-corrected chi connectivity index (χ0v) is 12.0. The molecule has 0 spiro atoms. The van der Waals surface area contributed by atoms with E-state index in [-0.39, 0.29) is 5.82 Å². The molecule has 0 unspecified atom stereocenters. The lowest BCUT2D eigenvalue weighted by molar-refractivity contribution is 0.112. The van der Waals surface area contributed by atoms with Gasteiger partial charge in [-0.3, -0.25) is 4.79 Å². The molecule has 0 saturated heterocycles. The molecule has 2 aromatic carbocycles. The summed E-state index contributed by atoms with van der Waals surface area (Å²) in [6.45, 7) is 2.60. The van der Waals surface area contributed by atoms with Crippen LogP contribution in [0, 0.1) is 5.82 Å². The molecule has 0 aliphatic carbocycles. The molecule has 0 heterocycles. The lowest BCUT2D eigenvalue weighted by Crippen LogP contribution is -2.17. The number of rotatable bonds is 4. The summed E-state index contributed by atoms with van der Waals surface area (Å²) in [4.78, 5) is 13.1. The number of nitrogens with zero attached hydrogens (tertiary/aromatic N) is 1. The summed E-state index contributed by atoms with van der Waals surface area (Å²) in [6, 6.07) is 11.8. The van der Waals surface area contributed by atoms with Crippen LogP contribution in [0.15, 0.2) is 46.9 Å². The fourth-order valence-corrected chi connectivity index (χ4v) is 2.38. The number of benzene rings is 2. The molecular formula is C15H13BrFNO. The summed E-state index contributed by atoms with van der Waals surface area (Å²) in [5.41, 5.74) is 2.07. The van der Waals surface area contributed by atoms with E-state index in [9.17, 15) is 9.18 Å². The summed E-state index contributed by atoms with van der Waals surface area (Å²) in [5.74, 6) is -0.291. The molecule has 2 rings (SSSR count). The second-order valence-corrected chi connectivity index (χ2v) is 4.96. The van der Waals surface area contributed by atoms with Gasteiger partial charge in [0, 0.05) is 22.3 Å². The highest BCUT2D eigenvalue weighted by atomic mass is 79.9. The average Bonchev–Trinajstić information content (AvgIpc) is 2.41. The number of halogens is 2. The lowest BCUT2D eigenvalue weighted by atomic mass is 10.1. The van der Waals surface area contributed by atoms with Crippen LogP contribution in [0.3, 0.4) is 0 Å². The maximum absolute atomic E-state index is 13.3. The third kappa shape index (κ3) is 3.01. The second-order valence-electron chi connectivity index (χ2n) is 4.05. The van der Waals surface area contributed by atoms with Crippen LogP contribution in [-0.4, -0.2) is 12.8 Å². The highest BCUT2D eigenvalue weighted by Crippen LogP contribution is 2.29. The Morgan fingerprint density at radius 3 is 2.68 bits per heavy atom. The molecule has 0 N–H and O–H groups in total. The van der Waals surface area contributed by atoms with Crippen molar-refractivity contribution in [1.82, 2.24) is 0 Å². The minimum atomic E-state index is -0.291. The number of carbonyl (C=O) groups excluding carboxylic acids is 1. The summed E-state index contributed by atoms with van der Waals surface area (Å²) in [5, 5.41) is 0. The maximum atomic E-state index is 13.3. The SMILES string of the molecule is CCN(c1cccc(F)c1)c1ccc(Br)cc1C=O. The topological polar surface area (TPSA) is 20.3 Å². The Hall–Kier alpha value is -1.68. The van der Waals surface area contributed by atoms with Gasteiger partial charge in [0.2, 0.25) is 0 Å². The first-order chi connectivity index (χ1) is 9.15. The van der Waals surface area contributed by atoms with Crippen LogP contribution in [0.1, 0.15) is 17.3 Å². The predicted octanol–water partition coefficient (Wildman–Crippen LogP) is 4.56. The van der Waals surface area contributed by atoms with Crippen molar-refractivity contribution < 1.29 is 9.18 Å². The molecule has 0 aromatic heterocycles. The minimum absolute atomic E-state index is 0.291. The van der Waals surface area contributed by atoms with Crippen molar-refractivity contribution in [2.24, 2.45) is 0 Å². The number of anilines is 2. The summed E-state index contributed by atoms with van der Waals surface area (Å²) in [7, 11) is 0. The van der Waals surface area contributed by atoms with Gasteiger partial charge in [-0.1, -0.05) is 22.0 Å². The van der Waals surface area contributed by atoms with Crippen LogP contribution in [0.5, 0.6) is 0 Å². The maximum Gasteiger partial charge on any atom is 0.152 e. The van der Waals surface area contributed by atoms with Crippen LogP contribution in [-0.2, 0) is 0 Å². The van der Waals surface area contributed by atoms with E-state index in [1.807, 2.05) is 30.0 Å². The molecule has 0 saturated carbocycles. The van der Waals surface area contributed by atoms with Gasteiger partial charge in [-0.2, -0.15) is 0 Å². The Morgan fingerprint density at radius 2 is 2.05 bits per heavy atom. The van der Waals surface area contributed by atoms with Crippen molar-refractivity contribution in [3.63, 3.8) is 0 Å². The molecule has 2 nitrogen and oxygen atoms in total. The van der Waals surface area contributed by atoms with Gasteiger partial charge >= 0.3 is 0 Å². The quantitative estimate of drug-likeness (QED) is 0.769. The first-order valence-electron chi connectivity index (χ1n) is 5.93. The number of aldehydes is 1. The summed E-state index contributed by atoms with van der Waals surface area (Å²) in [6.07, 6.45) is 0.808. The monoisotopic (exact) mass is 321 g/mol. The highest BCUT2D eigenvalue weighted by molar-refractivity contribution is 9.10. The van der Waals surface area contributed by atoms with Crippen molar-refractivity contribution >= 4 is 33.6 Å². The fraction of sp³-hybridized carbons (Fsp3) is 0.133. The van der Waals surface area contributed by atoms with E-state index in [4.69, 9.17) is 0 Å². The minimum Gasteiger partial charge on any atom is -0.341 e. The molecule has 19 heavy (non-hydrogen) atoms. The molecule has 0 atom stereocenters. The third-order valence-corrected chi connectivity index (χ3v) is 3.34. The predicted molar refractivity (Wildman–Crippen MR) is 78.6 cm³/mol. The highest BCUT2D eigenvalue weighted by Gasteiger charge is 2.12. The van der Waals surface area contributed by atoms with Gasteiger partial charge in [0.15, 0.2) is 6.29 Å². The largest absolute Gasteiger partial charge is 0.341 e. The van der Waals surface area contributed by atoms with Crippen LogP contribution in [0.4, 0.5) is 15.8 Å². The fourth-order valence-electron chi connectivity index (χ4n) is 2.00. The Balaban J connectivity index is 2.50. The molecule has 0 amide bonds. The lowest BCUT2D eigenvalue weighted by Gasteiger charge is -2.24. The Labute approximate surface area is 120 Å². The molecule has 2 aromatic rings. The van der Waals surface area contributed by atoms with Gasteiger partial charge in [-0.25, -0.2) is 4.39 Å². The van der Waals surface area contributed by atoms with E-state index in [1.54, 1.807) is 12.1 Å². The molecule has 98 valence electrons. The van der Waals surface area contributed by atoms with Gasteiger partial charge < -0.3 is 4.90 Å². The zero-order chi connectivity index (χ0) is 13.8. The first kappa shape index (κ1) is 13.7. The second kappa shape index (κ2) is 5.97. The third-order valence-electron chi connectivity index (χ3n) is 2.84. The van der Waals surface area contributed by atoms with Crippen LogP contribution >= 0.6 is 15.9 Å². The van der Waals surface area contributed by atoms with Crippen molar-refractivity contribution in [2.45, 2.75) is 6.92 Å². The van der Waals surface area contributed by atoms with E-state index in [1.165, 1.54) is 12.1 Å². The van der Waals surface area contributed by atoms with Crippen LogP contribution in [0.25, 0.3) is 0 Å². The molecule has 0 bridgehead atoms. The van der Waals surface area contributed by atoms with E-state index in [0.29, 0.717) is 12.1 Å². The average molecular weight is 322 g/mol. The van der Waals surface area contributed by atoms with Crippen LogP contribution in [0.2, 0.25) is 0 Å². The van der Waals surface area contributed by atoms with Crippen molar-refractivity contribution in [3.8, 4) is 0 Å². The Morgan fingerprint density at radius 1 is 1.26 bits per heavy atom. The molecule has 0 aliphatic rings. The molecule has 0 fully saturated rings. The van der Waals surface area contributed by atoms with E-state index < -0.39 is 0 Å².